The van der Waals surface area contributed by atoms with Gasteiger partial charge >= 0.3 is 0 Å². The van der Waals surface area contributed by atoms with Crippen LogP contribution in [0.25, 0.3) is 0 Å². The molecule has 0 aliphatic heterocycles. The lowest BCUT2D eigenvalue weighted by molar-refractivity contribution is 0.0235. The van der Waals surface area contributed by atoms with E-state index in [1.165, 1.54) is 0 Å². The summed E-state index contributed by atoms with van der Waals surface area (Å²) in [5, 5.41) is 1.12. The summed E-state index contributed by atoms with van der Waals surface area (Å²) in [5.41, 5.74) is 4.90. The van der Waals surface area contributed by atoms with Gasteiger partial charge in [-0.2, -0.15) is 5.48 Å². The Bertz CT molecular complexity index is 502. The zero-order chi connectivity index (χ0) is 12.8. The summed E-state index contributed by atoms with van der Waals surface area (Å²) < 4.78 is 0. The molecule has 0 amide bonds. The fourth-order valence-corrected chi connectivity index (χ4v) is 1.91. The van der Waals surface area contributed by atoms with Crippen molar-refractivity contribution in [2.75, 3.05) is 0 Å². The van der Waals surface area contributed by atoms with Crippen LogP contribution in [0.15, 0.2) is 48.5 Å². The average molecular weight is 282 g/mol. The maximum absolute atomic E-state index is 6.06. The van der Waals surface area contributed by atoms with Gasteiger partial charge in [-0.05, 0) is 17.2 Å². The molecule has 0 unspecified atom stereocenters. The molecule has 2 aromatic carbocycles. The van der Waals surface area contributed by atoms with Crippen molar-refractivity contribution in [2.24, 2.45) is 0 Å². The van der Waals surface area contributed by atoms with E-state index in [-0.39, 0.29) is 0 Å². The van der Waals surface area contributed by atoms with Gasteiger partial charge in [0.25, 0.3) is 0 Å². The molecule has 2 aromatic rings. The predicted molar refractivity (Wildman–Crippen MR) is 74.5 cm³/mol. The Morgan fingerprint density at radius 2 is 1.72 bits per heavy atom. The van der Waals surface area contributed by atoms with Gasteiger partial charge < -0.3 is 0 Å². The minimum atomic E-state index is 0.513. The molecule has 1 N–H and O–H groups in total. The van der Waals surface area contributed by atoms with Crippen molar-refractivity contribution < 1.29 is 4.84 Å². The van der Waals surface area contributed by atoms with Crippen LogP contribution in [-0.2, 0) is 18.0 Å². The van der Waals surface area contributed by atoms with Crippen LogP contribution in [0.1, 0.15) is 11.1 Å². The standard InChI is InChI=1S/C14H13Cl2NO/c15-13-8-4-7-12(14(13)16)9-17-18-10-11-5-2-1-3-6-11/h1-8,17H,9-10H2. The largest absolute Gasteiger partial charge is 0.297 e. The molecule has 0 heterocycles. The first-order chi connectivity index (χ1) is 8.77. The minimum absolute atomic E-state index is 0.513. The van der Waals surface area contributed by atoms with Gasteiger partial charge in [0.2, 0.25) is 0 Å². The molecular weight excluding hydrogens is 269 g/mol. The first-order valence-electron chi connectivity index (χ1n) is 5.59. The van der Waals surface area contributed by atoms with E-state index in [2.05, 4.69) is 5.48 Å². The predicted octanol–water partition coefficient (Wildman–Crippen LogP) is 4.21. The van der Waals surface area contributed by atoms with E-state index in [0.717, 1.165) is 11.1 Å². The molecule has 0 atom stereocenters. The number of hydrogen-bond donors (Lipinski definition) is 1. The second-order valence-corrected chi connectivity index (χ2v) is 4.59. The van der Waals surface area contributed by atoms with Crippen LogP contribution < -0.4 is 5.48 Å². The highest BCUT2D eigenvalue weighted by Gasteiger charge is 2.03. The number of hydrogen-bond acceptors (Lipinski definition) is 2. The maximum Gasteiger partial charge on any atom is 0.0933 e. The molecule has 18 heavy (non-hydrogen) atoms. The number of rotatable bonds is 5. The Labute approximate surface area is 116 Å². The summed E-state index contributed by atoms with van der Waals surface area (Å²) >= 11 is 12.0. The number of halogens is 2. The molecule has 0 aliphatic carbocycles. The van der Waals surface area contributed by atoms with E-state index in [4.69, 9.17) is 28.0 Å². The molecule has 0 saturated heterocycles. The van der Waals surface area contributed by atoms with Crippen molar-refractivity contribution in [3.63, 3.8) is 0 Å². The molecule has 0 aliphatic rings. The van der Waals surface area contributed by atoms with E-state index in [1.807, 2.05) is 42.5 Å². The Morgan fingerprint density at radius 1 is 0.944 bits per heavy atom. The third kappa shape index (κ3) is 3.72. The minimum Gasteiger partial charge on any atom is -0.297 e. The average Bonchev–Trinajstić information content (AvgIpc) is 2.40. The zero-order valence-corrected chi connectivity index (χ0v) is 11.2. The van der Waals surface area contributed by atoms with Crippen LogP contribution in [0, 0.1) is 0 Å². The Morgan fingerprint density at radius 3 is 2.50 bits per heavy atom. The first-order valence-corrected chi connectivity index (χ1v) is 6.34. The Balaban J connectivity index is 1.81. The third-order valence-electron chi connectivity index (χ3n) is 2.48. The topological polar surface area (TPSA) is 21.3 Å². The van der Waals surface area contributed by atoms with Crippen LogP contribution >= 0.6 is 23.2 Å². The lowest BCUT2D eigenvalue weighted by Crippen LogP contribution is -2.14. The maximum atomic E-state index is 6.06. The van der Waals surface area contributed by atoms with Crippen molar-refractivity contribution >= 4 is 23.2 Å². The molecule has 2 rings (SSSR count). The van der Waals surface area contributed by atoms with Crippen LogP contribution in [-0.4, -0.2) is 0 Å². The molecule has 0 bridgehead atoms. The van der Waals surface area contributed by atoms with Crippen molar-refractivity contribution in [3.8, 4) is 0 Å². The monoisotopic (exact) mass is 281 g/mol. The second kappa shape index (κ2) is 6.76. The lowest BCUT2D eigenvalue weighted by atomic mass is 10.2. The summed E-state index contributed by atoms with van der Waals surface area (Å²) in [6, 6.07) is 15.5. The molecule has 0 saturated carbocycles. The van der Waals surface area contributed by atoms with E-state index < -0.39 is 0 Å². The molecule has 4 heteroatoms. The van der Waals surface area contributed by atoms with Crippen LogP contribution in [0.3, 0.4) is 0 Å². The molecule has 0 aromatic heterocycles. The highest BCUT2D eigenvalue weighted by molar-refractivity contribution is 6.42. The van der Waals surface area contributed by atoms with Crippen LogP contribution in [0.4, 0.5) is 0 Å². The summed E-state index contributed by atoms with van der Waals surface area (Å²) in [7, 11) is 0. The lowest BCUT2D eigenvalue weighted by Gasteiger charge is -2.08. The molecule has 0 radical (unpaired) electrons. The zero-order valence-electron chi connectivity index (χ0n) is 9.70. The SMILES string of the molecule is Clc1cccc(CNOCc2ccccc2)c1Cl. The normalized spacial score (nSPS) is 10.6. The van der Waals surface area contributed by atoms with Gasteiger partial charge in [-0.1, -0.05) is 65.7 Å². The van der Waals surface area contributed by atoms with Crippen molar-refractivity contribution in [1.29, 1.82) is 0 Å². The number of hydroxylamine groups is 1. The summed E-state index contributed by atoms with van der Waals surface area (Å²) in [6.07, 6.45) is 0. The van der Waals surface area contributed by atoms with Crippen molar-refractivity contribution in [1.82, 2.24) is 5.48 Å². The summed E-state index contributed by atoms with van der Waals surface area (Å²) in [5.74, 6) is 0. The van der Waals surface area contributed by atoms with E-state index >= 15 is 0 Å². The second-order valence-electron chi connectivity index (χ2n) is 3.81. The van der Waals surface area contributed by atoms with Gasteiger partial charge in [-0.3, -0.25) is 4.84 Å². The summed E-state index contributed by atoms with van der Waals surface area (Å²) in [6.45, 7) is 1.03. The van der Waals surface area contributed by atoms with Crippen molar-refractivity contribution in [2.45, 2.75) is 13.2 Å². The van der Waals surface area contributed by atoms with Gasteiger partial charge in [0, 0.05) is 6.54 Å². The van der Waals surface area contributed by atoms with Gasteiger partial charge in [-0.25, -0.2) is 0 Å². The highest BCUT2D eigenvalue weighted by Crippen LogP contribution is 2.25. The molecule has 94 valence electrons. The summed E-state index contributed by atoms with van der Waals surface area (Å²) in [4.78, 5) is 5.37. The van der Waals surface area contributed by atoms with Gasteiger partial charge in [-0.15, -0.1) is 0 Å². The number of benzene rings is 2. The fourth-order valence-electron chi connectivity index (χ4n) is 1.52. The van der Waals surface area contributed by atoms with Gasteiger partial charge in [0.1, 0.15) is 0 Å². The Kier molecular flexibility index (Phi) is 5.02. The fraction of sp³-hybridized carbons (Fsp3) is 0.143. The van der Waals surface area contributed by atoms with E-state index in [9.17, 15) is 0 Å². The van der Waals surface area contributed by atoms with E-state index in [1.54, 1.807) is 6.07 Å². The molecule has 0 fully saturated rings. The smallest absolute Gasteiger partial charge is 0.0933 e. The van der Waals surface area contributed by atoms with Gasteiger partial charge in [0.05, 0.1) is 16.7 Å². The number of nitrogens with one attached hydrogen (secondary N) is 1. The van der Waals surface area contributed by atoms with Gasteiger partial charge in [0.15, 0.2) is 0 Å². The molecule has 2 nitrogen and oxygen atoms in total. The third-order valence-corrected chi connectivity index (χ3v) is 3.34. The van der Waals surface area contributed by atoms with E-state index in [0.29, 0.717) is 23.2 Å². The molecular formula is C14H13Cl2NO. The van der Waals surface area contributed by atoms with Crippen LogP contribution in [0.5, 0.6) is 0 Å². The Hall–Kier alpha value is -1.06. The first kappa shape index (κ1) is 13.4. The van der Waals surface area contributed by atoms with Crippen molar-refractivity contribution in [3.05, 3.63) is 69.7 Å². The van der Waals surface area contributed by atoms with Crippen LogP contribution in [0.2, 0.25) is 10.0 Å². The molecule has 0 spiro atoms. The highest BCUT2D eigenvalue weighted by atomic mass is 35.5. The quantitative estimate of drug-likeness (QED) is 0.655.